The summed E-state index contributed by atoms with van der Waals surface area (Å²) in [6, 6.07) is 5.34. The second-order valence-electron chi connectivity index (χ2n) is 7.41. The minimum absolute atomic E-state index is 0.0899. The van der Waals surface area contributed by atoms with Gasteiger partial charge >= 0.3 is 0 Å². The van der Waals surface area contributed by atoms with Gasteiger partial charge in [0.2, 0.25) is 0 Å². The van der Waals surface area contributed by atoms with E-state index >= 15 is 0 Å². The fourth-order valence-corrected chi connectivity index (χ4v) is 4.10. The van der Waals surface area contributed by atoms with Gasteiger partial charge in [-0.1, -0.05) is 17.7 Å². The third-order valence-electron chi connectivity index (χ3n) is 5.62. The largest absolute Gasteiger partial charge is 0.396 e. The summed E-state index contributed by atoms with van der Waals surface area (Å²) in [5.41, 5.74) is 0.688. The fourth-order valence-electron chi connectivity index (χ4n) is 3.87. The Morgan fingerprint density at radius 1 is 1.36 bits per heavy atom. The van der Waals surface area contributed by atoms with E-state index in [1.165, 1.54) is 6.07 Å². The monoisotopic (exact) mass is 370 g/mol. The second-order valence-corrected chi connectivity index (χ2v) is 7.81. The van der Waals surface area contributed by atoms with Crippen LogP contribution in [-0.4, -0.2) is 55.5 Å². The molecule has 0 saturated carbocycles. The second kappa shape index (κ2) is 8.78. The van der Waals surface area contributed by atoms with Crippen molar-refractivity contribution in [2.75, 3.05) is 39.5 Å². The highest BCUT2D eigenvalue weighted by Gasteiger charge is 2.35. The zero-order chi connectivity index (χ0) is 17.7. The molecule has 3 rings (SSSR count). The number of aliphatic hydroxyl groups is 1. The third kappa shape index (κ3) is 4.92. The molecule has 2 aliphatic heterocycles. The molecule has 2 saturated heterocycles. The van der Waals surface area contributed by atoms with E-state index in [1.54, 1.807) is 12.1 Å². The van der Waals surface area contributed by atoms with Crippen molar-refractivity contribution < 1.29 is 14.2 Å². The van der Waals surface area contributed by atoms with Crippen molar-refractivity contribution in [3.63, 3.8) is 0 Å². The number of aliphatic hydroxyl groups excluding tert-OH is 1. The van der Waals surface area contributed by atoms with Gasteiger partial charge in [-0.15, -0.1) is 0 Å². The van der Waals surface area contributed by atoms with Gasteiger partial charge in [-0.3, -0.25) is 4.90 Å². The Bertz CT molecular complexity index is 538. The molecule has 0 spiro atoms. The van der Waals surface area contributed by atoms with Gasteiger partial charge in [-0.25, -0.2) is 4.39 Å². The number of hydrogen-bond acceptors (Lipinski definition) is 4. The zero-order valence-electron chi connectivity index (χ0n) is 14.6. The Balaban J connectivity index is 1.46. The van der Waals surface area contributed by atoms with E-state index in [4.69, 9.17) is 16.3 Å². The van der Waals surface area contributed by atoms with Crippen LogP contribution in [0.3, 0.4) is 0 Å². The molecule has 1 aromatic rings. The van der Waals surface area contributed by atoms with Crippen LogP contribution in [0.25, 0.3) is 0 Å². The molecule has 25 heavy (non-hydrogen) atoms. The van der Waals surface area contributed by atoms with Crippen molar-refractivity contribution in [1.29, 1.82) is 0 Å². The smallest absolute Gasteiger partial charge is 0.129 e. The van der Waals surface area contributed by atoms with Crippen molar-refractivity contribution in [2.45, 2.75) is 38.3 Å². The van der Waals surface area contributed by atoms with Gasteiger partial charge in [-0.2, -0.15) is 0 Å². The van der Waals surface area contributed by atoms with Gasteiger partial charge in [0.15, 0.2) is 0 Å². The maximum Gasteiger partial charge on any atom is 0.129 e. The molecule has 2 aliphatic rings. The zero-order valence-corrected chi connectivity index (χ0v) is 15.4. The molecule has 6 heteroatoms. The summed E-state index contributed by atoms with van der Waals surface area (Å²) < 4.78 is 19.5. The maximum absolute atomic E-state index is 13.9. The van der Waals surface area contributed by atoms with E-state index in [-0.39, 0.29) is 17.8 Å². The molecule has 0 radical (unpaired) electrons. The van der Waals surface area contributed by atoms with E-state index in [2.05, 4.69) is 10.2 Å². The van der Waals surface area contributed by atoms with Crippen molar-refractivity contribution in [3.05, 3.63) is 34.6 Å². The molecular formula is C19H28ClFN2O2. The Kier molecular flexibility index (Phi) is 6.69. The SMILES string of the molecule is OCCC1(CNC2CCN(Cc3c(F)cccc3Cl)CC2)CCOC1. The summed E-state index contributed by atoms with van der Waals surface area (Å²) in [5.74, 6) is -0.222. The highest BCUT2D eigenvalue weighted by Crippen LogP contribution is 2.32. The Labute approximate surface area is 154 Å². The van der Waals surface area contributed by atoms with Crippen LogP contribution in [0.15, 0.2) is 18.2 Å². The first-order chi connectivity index (χ1) is 12.1. The van der Waals surface area contributed by atoms with Crippen molar-refractivity contribution >= 4 is 11.6 Å². The van der Waals surface area contributed by atoms with Crippen LogP contribution in [-0.2, 0) is 11.3 Å². The minimum Gasteiger partial charge on any atom is -0.396 e. The molecule has 0 aliphatic carbocycles. The van der Waals surface area contributed by atoms with Crippen molar-refractivity contribution in [3.8, 4) is 0 Å². The number of rotatable bonds is 7. The molecule has 0 bridgehead atoms. The summed E-state index contributed by atoms with van der Waals surface area (Å²) in [5, 5.41) is 13.5. The number of nitrogens with one attached hydrogen (secondary N) is 1. The molecule has 140 valence electrons. The lowest BCUT2D eigenvalue weighted by molar-refractivity contribution is 0.115. The molecular weight excluding hydrogens is 343 g/mol. The van der Waals surface area contributed by atoms with Gasteiger partial charge < -0.3 is 15.2 Å². The molecule has 2 fully saturated rings. The standard InChI is InChI=1S/C19H28ClFN2O2/c20-17-2-1-3-18(21)16(17)12-23-8-4-15(5-9-23)22-13-19(6-10-24)7-11-25-14-19/h1-3,15,22,24H,4-14H2. The highest BCUT2D eigenvalue weighted by atomic mass is 35.5. The van der Waals surface area contributed by atoms with Crippen LogP contribution in [0, 0.1) is 11.2 Å². The highest BCUT2D eigenvalue weighted by molar-refractivity contribution is 6.31. The van der Waals surface area contributed by atoms with E-state index in [0.29, 0.717) is 23.2 Å². The van der Waals surface area contributed by atoms with E-state index in [1.807, 2.05) is 0 Å². The Morgan fingerprint density at radius 2 is 2.16 bits per heavy atom. The average molecular weight is 371 g/mol. The molecule has 0 amide bonds. The normalized spacial score (nSPS) is 25.6. The van der Waals surface area contributed by atoms with Crippen LogP contribution >= 0.6 is 11.6 Å². The summed E-state index contributed by atoms with van der Waals surface area (Å²) in [6.07, 6.45) is 3.90. The quantitative estimate of drug-likeness (QED) is 0.774. The lowest BCUT2D eigenvalue weighted by Gasteiger charge is -2.35. The van der Waals surface area contributed by atoms with E-state index < -0.39 is 0 Å². The molecule has 1 unspecified atom stereocenters. The number of likely N-dealkylation sites (tertiary alicyclic amines) is 1. The van der Waals surface area contributed by atoms with Crippen LogP contribution in [0.4, 0.5) is 4.39 Å². The number of benzene rings is 1. The number of piperidine rings is 1. The average Bonchev–Trinajstić information content (AvgIpc) is 3.07. The lowest BCUT2D eigenvalue weighted by Crippen LogP contribution is -2.46. The molecule has 1 atom stereocenters. The lowest BCUT2D eigenvalue weighted by atomic mass is 9.83. The summed E-state index contributed by atoms with van der Waals surface area (Å²) in [6.45, 7) is 5.09. The topological polar surface area (TPSA) is 44.7 Å². The molecule has 2 N–H and O–H groups in total. The fraction of sp³-hybridized carbons (Fsp3) is 0.684. The third-order valence-corrected chi connectivity index (χ3v) is 5.98. The number of hydrogen-bond donors (Lipinski definition) is 2. The van der Waals surface area contributed by atoms with Gasteiger partial charge in [0, 0.05) is 48.3 Å². The summed E-state index contributed by atoms with van der Waals surface area (Å²) in [7, 11) is 0. The molecule has 2 heterocycles. The van der Waals surface area contributed by atoms with Crippen molar-refractivity contribution in [1.82, 2.24) is 10.2 Å². The van der Waals surface area contributed by atoms with Crippen LogP contribution in [0.1, 0.15) is 31.2 Å². The molecule has 4 nitrogen and oxygen atoms in total. The predicted octanol–water partition coefficient (Wildman–Crippen LogP) is 2.82. The number of halogens is 2. The molecule has 1 aromatic carbocycles. The Hall–Kier alpha value is -0.720. The first-order valence-electron chi connectivity index (χ1n) is 9.19. The van der Waals surface area contributed by atoms with Crippen molar-refractivity contribution in [2.24, 2.45) is 5.41 Å². The first kappa shape index (κ1) is 19.1. The minimum atomic E-state index is -0.222. The van der Waals surface area contributed by atoms with E-state index in [9.17, 15) is 9.50 Å². The predicted molar refractivity (Wildman–Crippen MR) is 97.3 cm³/mol. The van der Waals surface area contributed by atoms with E-state index in [0.717, 1.165) is 58.5 Å². The number of ether oxygens (including phenoxy) is 1. The van der Waals surface area contributed by atoms with Crippen LogP contribution < -0.4 is 5.32 Å². The van der Waals surface area contributed by atoms with Crippen LogP contribution in [0.5, 0.6) is 0 Å². The number of nitrogens with zero attached hydrogens (tertiary/aromatic N) is 1. The van der Waals surface area contributed by atoms with Gasteiger partial charge in [0.05, 0.1) is 6.61 Å². The molecule has 0 aromatic heterocycles. The maximum atomic E-state index is 13.9. The van der Waals surface area contributed by atoms with Crippen LogP contribution in [0.2, 0.25) is 5.02 Å². The Morgan fingerprint density at radius 3 is 2.80 bits per heavy atom. The summed E-state index contributed by atoms with van der Waals surface area (Å²) in [4.78, 5) is 2.27. The van der Waals surface area contributed by atoms with Gasteiger partial charge in [-0.05, 0) is 50.9 Å². The summed E-state index contributed by atoms with van der Waals surface area (Å²) >= 11 is 6.13. The van der Waals surface area contributed by atoms with Gasteiger partial charge in [0.1, 0.15) is 5.82 Å². The first-order valence-corrected chi connectivity index (χ1v) is 9.57. The van der Waals surface area contributed by atoms with Gasteiger partial charge in [0.25, 0.3) is 0 Å².